The zero-order valence-corrected chi connectivity index (χ0v) is 84.9. The van der Waals surface area contributed by atoms with Crippen LogP contribution in [0.25, 0.3) is 0 Å². The molecule has 740 valence electrons. The molecular weight excluding hydrogens is 1860 g/mol. The van der Waals surface area contributed by atoms with E-state index in [0.29, 0.717) is 70.6 Å². The molecule has 4 aliphatic carbocycles. The molecule has 0 amide bonds. The molecule has 8 N–H and O–H groups in total. The largest absolute Gasteiger partial charge is 1.00 e. The van der Waals surface area contributed by atoms with E-state index in [1.165, 1.54) is 121 Å². The smallest absolute Gasteiger partial charge is 0.870 e. The van der Waals surface area contributed by atoms with E-state index in [9.17, 15) is 29.7 Å². The molecule has 3 unspecified atom stereocenters. The molecule has 138 heavy (non-hydrogen) atoms. The Kier molecular flexibility index (Phi) is 37.6. The van der Waals surface area contributed by atoms with E-state index in [2.05, 4.69) is 181 Å². The molecule has 0 spiro atoms. The van der Waals surface area contributed by atoms with Gasteiger partial charge in [-0.1, -0.05) is 161 Å². The Morgan fingerprint density at radius 2 is 0.645 bits per heavy atom. The van der Waals surface area contributed by atoms with Gasteiger partial charge in [-0.05, 0) is 252 Å². The number of esters is 3. The third-order valence-corrected chi connectivity index (χ3v) is 31.0. The van der Waals surface area contributed by atoms with E-state index < -0.39 is 37.0 Å². The Bertz CT molecular complexity index is 5440. The van der Waals surface area contributed by atoms with Crippen LogP contribution in [0.5, 0.6) is 46.0 Å². The van der Waals surface area contributed by atoms with Crippen LogP contribution in [0, 0.1) is 35.5 Å². The van der Waals surface area contributed by atoms with Gasteiger partial charge in [0.15, 0.2) is 46.0 Å². The second-order valence-corrected chi connectivity index (χ2v) is 41.3. The van der Waals surface area contributed by atoms with E-state index in [4.69, 9.17) is 81.1 Å². The maximum Gasteiger partial charge on any atom is 1.00 e. The van der Waals surface area contributed by atoms with Crippen molar-refractivity contribution in [3.63, 3.8) is 0 Å². The molecule has 0 aromatic heterocycles. The Morgan fingerprint density at radius 3 is 0.949 bits per heavy atom. The fourth-order valence-electron chi connectivity index (χ4n) is 20.2. The molecule has 12 aliphatic rings. The number of thioether (sulfide) groups is 2. The average Bonchev–Trinajstić information content (AvgIpc) is 1.11. The van der Waals surface area contributed by atoms with Crippen molar-refractivity contribution in [1.29, 1.82) is 0 Å². The van der Waals surface area contributed by atoms with Gasteiger partial charge >= 0.3 is 43.9 Å². The van der Waals surface area contributed by atoms with Gasteiger partial charge in [-0.15, -0.1) is 23.5 Å². The van der Waals surface area contributed by atoms with Crippen molar-refractivity contribution in [3.05, 3.63) is 234 Å². The van der Waals surface area contributed by atoms with Crippen LogP contribution in [0.4, 0.5) is 0 Å². The third-order valence-electron chi connectivity index (χ3n) is 28.4. The van der Waals surface area contributed by atoms with Crippen molar-refractivity contribution in [2.24, 2.45) is 35.5 Å². The SMILES string of the molecule is CC(=O)O[C@@H]1[C@@H](C)[C@H](c2ccc(Br)c(Cc3ccc4c(c3)OCCO4)c2)OC(C)[C@H]1C.CC(=O)O[C@@H]1[C@@H](C)[C@H](c2ccc(C3CC3)c(Cc3ccc4c(c3)OCCO4)c2)OC(C)[C@H]1C.CSC1O[C@@H](c2ccc(C3CC3)c(Cc3ccc4c(c3)OCCO4)c2)[C@H](C)[C@@H](OC(C)=O)[C@@H]1C.CS[C@H]1O[C@@H](c2ccc(C3CC3)c(Cc3ccc4c(c3)OCCO4)c2)[C@H](O)[C@@H](O)[C@@H]1O.O.OB(O)C1CC1.[Li+].[OH-]. The number of hydrogen-bond donors (Lipinski definition) is 5. The van der Waals surface area contributed by atoms with Crippen molar-refractivity contribution < 1.29 is 141 Å². The molecular formula is C108H135BBrLiO25S2. The number of hydrogen-bond acceptors (Lipinski definition) is 26. The van der Waals surface area contributed by atoms with Gasteiger partial charge < -0.3 is 107 Å². The van der Waals surface area contributed by atoms with Gasteiger partial charge in [-0.3, -0.25) is 14.4 Å². The fraction of sp³-hybridized carbons (Fsp3) is 0.528. The van der Waals surface area contributed by atoms with Crippen molar-refractivity contribution in [2.75, 3.05) is 65.4 Å². The summed E-state index contributed by atoms with van der Waals surface area (Å²) in [6, 6.07) is 50.9. The van der Waals surface area contributed by atoms with Crippen molar-refractivity contribution in [1.82, 2.24) is 0 Å². The molecule has 8 aromatic rings. The van der Waals surface area contributed by atoms with Crippen LogP contribution >= 0.6 is 39.5 Å². The van der Waals surface area contributed by atoms with E-state index in [-0.39, 0.29) is 143 Å². The van der Waals surface area contributed by atoms with Crippen LogP contribution in [-0.4, -0.2) is 186 Å². The van der Waals surface area contributed by atoms with Crippen LogP contribution in [0.3, 0.4) is 0 Å². The van der Waals surface area contributed by atoms with Gasteiger partial charge in [0, 0.05) is 60.8 Å². The zero-order chi connectivity index (χ0) is 95.2. The van der Waals surface area contributed by atoms with Gasteiger partial charge in [0.05, 0.1) is 30.5 Å². The molecule has 20 atom stereocenters. The summed E-state index contributed by atoms with van der Waals surface area (Å²) in [4.78, 5) is 35.3. The Morgan fingerprint density at radius 1 is 0.355 bits per heavy atom. The summed E-state index contributed by atoms with van der Waals surface area (Å²) >= 11 is 6.71. The first-order valence-electron chi connectivity index (χ1n) is 48.3. The van der Waals surface area contributed by atoms with E-state index >= 15 is 0 Å². The van der Waals surface area contributed by atoms with Crippen LogP contribution < -0.4 is 56.8 Å². The molecule has 20 rings (SSSR count). The molecule has 25 nitrogen and oxygen atoms in total. The summed E-state index contributed by atoms with van der Waals surface area (Å²) in [5.74, 6) is 8.49. The first-order chi connectivity index (χ1) is 65.0. The van der Waals surface area contributed by atoms with Gasteiger partial charge in [0.2, 0.25) is 0 Å². The normalized spacial score (nSPS) is 27.8. The molecule has 8 heterocycles. The average molecular weight is 2000 g/mol. The molecule has 8 aromatic carbocycles. The van der Waals surface area contributed by atoms with Crippen molar-refractivity contribution in [3.8, 4) is 46.0 Å². The van der Waals surface area contributed by atoms with Crippen LogP contribution in [0.2, 0.25) is 5.82 Å². The second kappa shape index (κ2) is 48.4. The molecule has 0 bridgehead atoms. The zero-order valence-electron chi connectivity index (χ0n) is 81.7. The van der Waals surface area contributed by atoms with Gasteiger partial charge in [-0.25, -0.2) is 0 Å². The first kappa shape index (κ1) is 107. The van der Waals surface area contributed by atoms with Gasteiger partial charge in [0.1, 0.15) is 106 Å². The third kappa shape index (κ3) is 26.3. The Labute approximate surface area is 840 Å². The summed E-state index contributed by atoms with van der Waals surface area (Å²) in [7, 11) is -1.04. The number of carbonyl (C=O) groups excluding carboxylic acids is 3. The summed E-state index contributed by atoms with van der Waals surface area (Å²) in [6.45, 7) is 25.9. The topological polar surface area (TPSA) is 352 Å². The number of benzene rings is 8. The fourth-order valence-corrected chi connectivity index (χ4v) is 22.0. The number of rotatable bonds is 21. The summed E-state index contributed by atoms with van der Waals surface area (Å²) in [5.41, 5.74) is 17.6. The Hall–Kier alpha value is -8.03. The number of aliphatic hydroxyl groups is 3. The standard InChI is InChI=1S/C28H34O5S.C28H34O5.C25H29BrO5.C24H28O6S.C3H7BO2.Li.2H2O/c1-16-26(32-18(3)29)17(2)28(34-4)33-27(16)21-8-9-23(20-6-7-20)22(15-21)13-19-5-10-24-25(14-19)31-12-11-30-24;1-16-18(3)32-28(17(2)27(16)33-19(4)29)22-8-9-24(21-6-7-21)23(15-22)13-20-5-10-25-26(14-20)31-12-11-30-25;1-14-16(3)30-25(15(2)24(14)31-17(4)27)19-6-7-21(26)20(13-19)11-18-5-8-22-23(12-18)29-10-9-28-22;1-31-24-22(27)20(25)21(26)23(30-24)15-5-6-17(14-3-4-14)16(12-15)10-13-2-7-18-19(11-13)29-9-8-28-18;5-4(6)3-1-2-3;;;/h5,8-10,14-17,20,26-28H,6-7,11-13H2,1-4H3;5,8-10,14-18,21,27-28H,6-7,11-13H2,1-4H3;5-8,12-16,24-25H,9-11H2,1-4H3;2,5-7,11-12,14,20-27H,3-4,8-10H2,1H3;3,5-6H,1-2H2;;2*1H2/q;;;;;+1;;/p-1/t16-,17+,26-,27-,28?;16-,17-,18?,27+,28-;14-,15-,16?,24+,25-;20-,21-,22+,23+,24-;;;;/m1111..../s1. The van der Waals surface area contributed by atoms with Crippen LogP contribution in [-0.2, 0) is 73.2 Å². The van der Waals surface area contributed by atoms with Gasteiger partial charge in [-0.2, -0.15) is 0 Å². The molecule has 4 saturated heterocycles. The number of carbonyl (C=O) groups is 3. The molecule has 0 radical (unpaired) electrons. The second-order valence-electron chi connectivity index (χ2n) is 38.6. The molecule has 8 fully saturated rings. The molecule has 8 aliphatic heterocycles. The number of halogens is 1. The Balaban J connectivity index is 0.000000151. The van der Waals surface area contributed by atoms with Crippen LogP contribution in [0.1, 0.15) is 253 Å². The number of ether oxygens (including phenoxy) is 15. The predicted molar refractivity (Wildman–Crippen MR) is 528 cm³/mol. The first-order valence-corrected chi connectivity index (χ1v) is 51.7. The summed E-state index contributed by atoms with van der Waals surface area (Å²) in [6.07, 6.45) is 11.4. The van der Waals surface area contributed by atoms with E-state index in [1.54, 1.807) is 11.8 Å². The predicted octanol–water partition coefficient (Wildman–Crippen LogP) is 15.3. The van der Waals surface area contributed by atoms with Gasteiger partial charge in [0.25, 0.3) is 0 Å². The molecule has 30 heteroatoms. The van der Waals surface area contributed by atoms with E-state index in [1.807, 2.05) is 48.7 Å². The monoisotopic (exact) mass is 1990 g/mol. The minimum absolute atomic E-state index is 0. The minimum atomic E-state index is -1.25. The van der Waals surface area contributed by atoms with Crippen molar-refractivity contribution >= 4 is 64.5 Å². The minimum Gasteiger partial charge on any atom is -0.870 e. The van der Waals surface area contributed by atoms with Crippen molar-refractivity contribution in [2.45, 2.75) is 261 Å². The van der Waals surface area contributed by atoms with E-state index in [0.717, 1.165) is 122 Å². The summed E-state index contributed by atoms with van der Waals surface area (Å²) in [5, 5.41) is 47.6. The maximum absolute atomic E-state index is 11.8. The molecule has 4 saturated carbocycles. The number of fused-ring (bicyclic) bond motifs is 4. The number of aliphatic hydroxyl groups excluding tert-OH is 3. The van der Waals surface area contributed by atoms with Crippen LogP contribution in [0.15, 0.2) is 150 Å². The quantitative estimate of drug-likeness (QED) is 0.0253. The maximum atomic E-state index is 11.8. The summed E-state index contributed by atoms with van der Waals surface area (Å²) < 4.78 is 89.4.